The number of benzene rings is 2. The van der Waals surface area contributed by atoms with E-state index >= 15 is 0 Å². The van der Waals surface area contributed by atoms with Crippen molar-refractivity contribution in [3.05, 3.63) is 58.7 Å². The first-order chi connectivity index (χ1) is 18.3. The minimum Gasteiger partial charge on any atom is -0.495 e. The molecule has 2 atom stereocenters. The minimum atomic E-state index is -0.503. The molecule has 0 saturated carbocycles. The summed E-state index contributed by atoms with van der Waals surface area (Å²) in [5.41, 5.74) is 2.40. The van der Waals surface area contributed by atoms with E-state index in [1.807, 2.05) is 57.2 Å². The van der Waals surface area contributed by atoms with E-state index in [0.29, 0.717) is 60.3 Å². The predicted octanol–water partition coefficient (Wildman–Crippen LogP) is 6.41. The van der Waals surface area contributed by atoms with Crippen molar-refractivity contribution in [2.75, 3.05) is 7.11 Å². The number of cyclic esters (lactones) is 1. The van der Waals surface area contributed by atoms with Gasteiger partial charge < -0.3 is 18.9 Å². The molecular formula is C31H36O7. The molecular weight excluding hydrogens is 484 g/mol. The zero-order chi connectivity index (χ0) is 27.2. The van der Waals surface area contributed by atoms with Crippen LogP contribution in [0.15, 0.2) is 36.4 Å². The molecule has 0 aliphatic carbocycles. The number of ether oxygens (including phenoxy) is 4. The van der Waals surface area contributed by atoms with E-state index in [0.717, 1.165) is 17.7 Å². The normalized spacial score (nSPS) is 20.6. The summed E-state index contributed by atoms with van der Waals surface area (Å²) in [7, 11) is 1.51. The molecule has 2 aromatic carbocycles. The number of hydrogen-bond acceptors (Lipinski definition) is 7. The summed E-state index contributed by atoms with van der Waals surface area (Å²) in [5, 5.41) is 0. The second kappa shape index (κ2) is 12.3. The number of Topliss-reactive ketones (excluding diaryl/α,β-unsaturated/α-hetero) is 1. The highest BCUT2D eigenvalue weighted by atomic mass is 16.5. The molecule has 0 aromatic heterocycles. The van der Waals surface area contributed by atoms with Gasteiger partial charge in [-0.2, -0.15) is 0 Å². The number of methoxy groups -OCH3 is 1. The van der Waals surface area contributed by atoms with E-state index in [1.54, 1.807) is 6.07 Å². The molecule has 2 heterocycles. The number of fused-ring (bicyclic) bond motifs is 2. The number of carbonyl (C=O) groups excluding carboxylic acids is 3. The second-order valence-electron chi connectivity index (χ2n) is 10.2. The average molecular weight is 521 g/mol. The Kier molecular flexibility index (Phi) is 8.87. The summed E-state index contributed by atoms with van der Waals surface area (Å²) in [5.74, 6) is 0.457. The lowest BCUT2D eigenvalue weighted by atomic mass is 9.83. The van der Waals surface area contributed by atoms with Crippen LogP contribution in [-0.4, -0.2) is 37.0 Å². The Morgan fingerprint density at radius 3 is 2.47 bits per heavy atom. The number of hydrogen-bond donors (Lipinski definition) is 0. The van der Waals surface area contributed by atoms with Gasteiger partial charge in [-0.3, -0.25) is 9.59 Å². The first kappa shape index (κ1) is 27.4. The molecule has 4 rings (SSSR count). The molecule has 0 radical (unpaired) electrons. The molecule has 2 aliphatic rings. The predicted molar refractivity (Wildman–Crippen MR) is 144 cm³/mol. The van der Waals surface area contributed by atoms with Gasteiger partial charge in [0.15, 0.2) is 0 Å². The fourth-order valence-corrected chi connectivity index (χ4v) is 5.05. The summed E-state index contributed by atoms with van der Waals surface area (Å²) in [4.78, 5) is 38.3. The van der Waals surface area contributed by atoms with Gasteiger partial charge in [0.25, 0.3) is 0 Å². The van der Waals surface area contributed by atoms with E-state index in [-0.39, 0.29) is 36.3 Å². The lowest BCUT2D eigenvalue weighted by Crippen LogP contribution is -2.24. The Balaban J connectivity index is 1.80. The second-order valence-corrected chi connectivity index (χ2v) is 10.2. The lowest BCUT2D eigenvalue weighted by molar-refractivity contribution is -0.135. The van der Waals surface area contributed by atoms with Crippen LogP contribution >= 0.6 is 0 Å². The topological polar surface area (TPSA) is 88.1 Å². The highest BCUT2D eigenvalue weighted by Gasteiger charge is 2.36. The molecule has 0 saturated heterocycles. The van der Waals surface area contributed by atoms with Crippen LogP contribution in [0.3, 0.4) is 0 Å². The highest BCUT2D eigenvalue weighted by molar-refractivity contribution is 5.99. The highest BCUT2D eigenvalue weighted by Crippen LogP contribution is 2.47. The van der Waals surface area contributed by atoms with Gasteiger partial charge in [-0.25, -0.2) is 4.79 Å². The molecule has 0 amide bonds. The summed E-state index contributed by atoms with van der Waals surface area (Å²) in [6.07, 6.45) is 7.25. The quantitative estimate of drug-likeness (QED) is 0.340. The lowest BCUT2D eigenvalue weighted by Gasteiger charge is -2.29. The Hall–Kier alpha value is -3.61. The number of rotatable bonds is 4. The van der Waals surface area contributed by atoms with Crippen molar-refractivity contribution in [2.45, 2.75) is 83.8 Å². The van der Waals surface area contributed by atoms with Crippen LogP contribution in [0.1, 0.15) is 98.7 Å². The van der Waals surface area contributed by atoms with E-state index in [1.165, 1.54) is 7.11 Å². The molecule has 202 valence electrons. The van der Waals surface area contributed by atoms with Crippen LogP contribution < -0.4 is 14.2 Å². The minimum absolute atomic E-state index is 0.0447. The smallest absolute Gasteiger partial charge is 0.342 e. The van der Waals surface area contributed by atoms with Gasteiger partial charge in [0, 0.05) is 24.3 Å². The van der Waals surface area contributed by atoms with Crippen LogP contribution in [-0.2, 0) is 14.3 Å². The van der Waals surface area contributed by atoms with Gasteiger partial charge in [-0.1, -0.05) is 24.3 Å². The maximum Gasteiger partial charge on any atom is 0.342 e. The molecule has 2 aromatic rings. The molecule has 0 spiro atoms. The molecule has 2 aliphatic heterocycles. The van der Waals surface area contributed by atoms with Crippen LogP contribution in [0, 0.1) is 0 Å². The largest absolute Gasteiger partial charge is 0.495 e. The third-order valence-corrected chi connectivity index (χ3v) is 6.82. The third kappa shape index (κ3) is 6.44. The van der Waals surface area contributed by atoms with E-state index < -0.39 is 5.97 Å². The van der Waals surface area contributed by atoms with Crippen LogP contribution in [0.2, 0.25) is 0 Å². The number of esters is 2. The van der Waals surface area contributed by atoms with Crippen LogP contribution in [0.4, 0.5) is 0 Å². The fraction of sp³-hybridized carbons (Fsp3) is 0.452. The van der Waals surface area contributed by atoms with E-state index in [2.05, 4.69) is 0 Å². The van der Waals surface area contributed by atoms with Crippen molar-refractivity contribution >= 4 is 23.8 Å². The zero-order valence-electron chi connectivity index (χ0n) is 22.6. The van der Waals surface area contributed by atoms with Gasteiger partial charge in [-0.15, -0.1) is 0 Å². The molecule has 0 bridgehead atoms. The molecule has 2 unspecified atom stereocenters. The Bertz CT molecular complexity index is 1210. The molecule has 7 nitrogen and oxygen atoms in total. The molecule has 38 heavy (non-hydrogen) atoms. The Morgan fingerprint density at radius 2 is 1.76 bits per heavy atom. The Labute approximate surface area is 224 Å². The zero-order valence-corrected chi connectivity index (χ0v) is 22.6. The standard InChI is InChI=1S/C31H36O7/c1-19(2)36-24-15-13-21(14-16-24)25-18-27(33)38-26-17-22-10-6-5-7-11-23(32)12-8-9-20(3)37-31(34)28(22)30(35-4)29(25)26/h6,10,13-17,19-20,25H,5,7-9,11-12,18H2,1-4H3. The van der Waals surface area contributed by atoms with Crippen molar-refractivity contribution in [3.8, 4) is 17.2 Å². The molecule has 7 heteroatoms. The van der Waals surface area contributed by atoms with Gasteiger partial charge in [0.05, 0.1) is 25.7 Å². The summed E-state index contributed by atoms with van der Waals surface area (Å²) < 4.78 is 23.1. The third-order valence-electron chi connectivity index (χ3n) is 6.82. The van der Waals surface area contributed by atoms with Crippen LogP contribution in [0.5, 0.6) is 17.2 Å². The summed E-state index contributed by atoms with van der Waals surface area (Å²) >= 11 is 0. The average Bonchev–Trinajstić information content (AvgIpc) is 2.86. The van der Waals surface area contributed by atoms with Crippen molar-refractivity contribution < 1.29 is 33.3 Å². The van der Waals surface area contributed by atoms with Crippen molar-refractivity contribution in [1.29, 1.82) is 0 Å². The maximum absolute atomic E-state index is 13.5. The van der Waals surface area contributed by atoms with Crippen molar-refractivity contribution in [2.24, 2.45) is 0 Å². The van der Waals surface area contributed by atoms with Crippen LogP contribution in [0.25, 0.3) is 6.08 Å². The van der Waals surface area contributed by atoms with E-state index in [4.69, 9.17) is 18.9 Å². The number of carbonyl (C=O) groups is 3. The monoisotopic (exact) mass is 520 g/mol. The van der Waals surface area contributed by atoms with Crippen molar-refractivity contribution in [1.82, 2.24) is 0 Å². The maximum atomic E-state index is 13.5. The fourth-order valence-electron chi connectivity index (χ4n) is 5.05. The SMILES string of the molecule is COc1c2c(cc3c1C(c1ccc(OC(C)C)cc1)CC(=O)O3)C=CCCCC(=O)CCCC(C)OC2=O. The summed E-state index contributed by atoms with van der Waals surface area (Å²) in [6, 6.07) is 9.33. The Morgan fingerprint density at radius 1 is 1.03 bits per heavy atom. The first-order valence-corrected chi connectivity index (χ1v) is 13.4. The van der Waals surface area contributed by atoms with E-state index in [9.17, 15) is 14.4 Å². The van der Waals surface area contributed by atoms with Gasteiger partial charge in [0.1, 0.15) is 28.6 Å². The first-order valence-electron chi connectivity index (χ1n) is 13.4. The van der Waals surface area contributed by atoms with Gasteiger partial charge in [0.2, 0.25) is 0 Å². The molecule has 0 fully saturated rings. The molecule has 0 N–H and O–H groups in total. The number of allylic oxidation sites excluding steroid dienone is 1. The van der Waals surface area contributed by atoms with Gasteiger partial charge >= 0.3 is 11.9 Å². The summed E-state index contributed by atoms with van der Waals surface area (Å²) in [6.45, 7) is 5.76. The van der Waals surface area contributed by atoms with Crippen molar-refractivity contribution in [3.63, 3.8) is 0 Å². The van der Waals surface area contributed by atoms with Gasteiger partial charge in [-0.05, 0) is 75.8 Å². The number of ketones is 1.